The van der Waals surface area contributed by atoms with Gasteiger partial charge in [-0.1, -0.05) is 50.3 Å². The van der Waals surface area contributed by atoms with E-state index in [1.807, 2.05) is 44.2 Å². The average Bonchev–Trinajstić information content (AvgIpc) is 2.71. The number of ketones is 1. The van der Waals surface area contributed by atoms with Gasteiger partial charge in [0.05, 0.1) is 19.8 Å². The van der Waals surface area contributed by atoms with E-state index in [2.05, 4.69) is 4.90 Å². The molecule has 0 aliphatic carbocycles. The van der Waals surface area contributed by atoms with Crippen LogP contribution in [-0.4, -0.2) is 43.1 Å². The van der Waals surface area contributed by atoms with Crippen LogP contribution in [0, 0.1) is 0 Å². The first-order chi connectivity index (χ1) is 13.0. The number of nitrogens with zero attached hydrogens (tertiary/aromatic N) is 1. The lowest BCUT2D eigenvalue weighted by molar-refractivity contribution is 0.104. The van der Waals surface area contributed by atoms with Crippen molar-refractivity contribution in [2.75, 3.05) is 27.3 Å². The summed E-state index contributed by atoms with van der Waals surface area (Å²) in [4.78, 5) is 15.0. The Hall–Kier alpha value is -2.79. The molecule has 0 aliphatic rings. The van der Waals surface area contributed by atoms with Gasteiger partial charge >= 0.3 is 0 Å². The Labute approximate surface area is 160 Å². The molecule has 2 aromatic rings. The number of methoxy groups -OCH3 is 2. The number of benzene rings is 2. The Morgan fingerprint density at radius 2 is 1.70 bits per heavy atom. The quantitative estimate of drug-likeness (QED) is 0.532. The van der Waals surface area contributed by atoms with Gasteiger partial charge in [0.25, 0.3) is 0 Å². The molecule has 0 unspecified atom stereocenters. The number of ether oxygens (including phenoxy) is 2. The van der Waals surface area contributed by atoms with Crippen LogP contribution in [0.25, 0.3) is 6.08 Å². The number of hydrogen-bond acceptors (Lipinski definition) is 5. The number of phenolic OH excluding ortho intramolecular Hbond substituents is 1. The van der Waals surface area contributed by atoms with Crippen LogP contribution in [0.5, 0.6) is 17.2 Å². The van der Waals surface area contributed by atoms with Crippen LogP contribution in [0.2, 0.25) is 0 Å². The lowest BCUT2D eigenvalue weighted by atomic mass is 10.0. The number of aromatic hydroxyl groups is 1. The molecule has 5 heteroatoms. The van der Waals surface area contributed by atoms with Crippen molar-refractivity contribution >= 4 is 11.9 Å². The van der Waals surface area contributed by atoms with Gasteiger partial charge in [0.1, 0.15) is 22.8 Å². The molecule has 5 nitrogen and oxygen atoms in total. The van der Waals surface area contributed by atoms with Gasteiger partial charge in [-0.25, -0.2) is 0 Å². The summed E-state index contributed by atoms with van der Waals surface area (Å²) in [6.45, 7) is 6.22. The molecule has 0 amide bonds. The summed E-state index contributed by atoms with van der Waals surface area (Å²) < 4.78 is 10.8. The number of carbonyl (C=O) groups is 1. The SMILES string of the molecule is CCN(CC)Cc1c(OC)cc(OC)c(C(=O)/C=C/c2ccccc2)c1O. The fourth-order valence-corrected chi connectivity index (χ4v) is 2.89. The number of rotatable bonds is 9. The highest BCUT2D eigenvalue weighted by atomic mass is 16.5. The fraction of sp³-hybridized carbons (Fsp3) is 0.318. The highest BCUT2D eigenvalue weighted by molar-refractivity contribution is 6.11. The van der Waals surface area contributed by atoms with Gasteiger partial charge in [0.15, 0.2) is 5.78 Å². The van der Waals surface area contributed by atoms with E-state index in [-0.39, 0.29) is 22.8 Å². The van der Waals surface area contributed by atoms with E-state index in [1.54, 1.807) is 12.1 Å². The van der Waals surface area contributed by atoms with Gasteiger partial charge in [0, 0.05) is 12.6 Å². The Kier molecular flexibility index (Phi) is 7.44. The first-order valence-corrected chi connectivity index (χ1v) is 9.02. The molecule has 0 atom stereocenters. The Morgan fingerprint density at radius 3 is 2.26 bits per heavy atom. The third-order valence-corrected chi connectivity index (χ3v) is 4.52. The van der Waals surface area contributed by atoms with E-state index in [1.165, 1.54) is 20.3 Å². The molecule has 27 heavy (non-hydrogen) atoms. The van der Waals surface area contributed by atoms with Gasteiger partial charge in [0.2, 0.25) is 0 Å². The predicted molar refractivity (Wildman–Crippen MR) is 108 cm³/mol. The molecular formula is C22H27NO4. The van der Waals surface area contributed by atoms with Crippen LogP contribution in [0.4, 0.5) is 0 Å². The third-order valence-electron chi connectivity index (χ3n) is 4.52. The Balaban J connectivity index is 2.47. The van der Waals surface area contributed by atoms with E-state index >= 15 is 0 Å². The average molecular weight is 369 g/mol. The van der Waals surface area contributed by atoms with E-state index in [4.69, 9.17) is 9.47 Å². The molecule has 2 aromatic carbocycles. The summed E-state index contributed by atoms with van der Waals surface area (Å²) in [7, 11) is 3.01. The number of allylic oxidation sites excluding steroid dienone is 1. The van der Waals surface area contributed by atoms with Crippen molar-refractivity contribution < 1.29 is 19.4 Å². The molecule has 144 valence electrons. The third kappa shape index (κ3) is 4.89. The monoisotopic (exact) mass is 369 g/mol. The minimum absolute atomic E-state index is 0.0965. The lowest BCUT2D eigenvalue weighted by Gasteiger charge is -2.22. The molecule has 0 spiro atoms. The zero-order valence-corrected chi connectivity index (χ0v) is 16.4. The van der Waals surface area contributed by atoms with Crippen LogP contribution in [-0.2, 0) is 6.54 Å². The zero-order chi connectivity index (χ0) is 19.8. The molecule has 0 fully saturated rings. The fourth-order valence-electron chi connectivity index (χ4n) is 2.89. The van der Waals surface area contributed by atoms with Crippen LogP contribution < -0.4 is 9.47 Å². The maximum atomic E-state index is 12.8. The molecule has 0 aromatic heterocycles. The topological polar surface area (TPSA) is 59.0 Å². The van der Waals surface area contributed by atoms with Gasteiger partial charge in [-0.2, -0.15) is 0 Å². The van der Waals surface area contributed by atoms with Gasteiger partial charge in [-0.15, -0.1) is 0 Å². The Bertz CT molecular complexity index is 796. The van der Waals surface area contributed by atoms with Crippen LogP contribution in [0.1, 0.15) is 35.3 Å². The minimum atomic E-state index is -0.323. The number of hydrogen-bond donors (Lipinski definition) is 1. The number of phenols is 1. The maximum absolute atomic E-state index is 12.8. The summed E-state index contributed by atoms with van der Waals surface area (Å²) in [6, 6.07) is 11.2. The lowest BCUT2D eigenvalue weighted by Crippen LogP contribution is -2.23. The van der Waals surface area contributed by atoms with E-state index in [0.29, 0.717) is 17.9 Å². The van der Waals surface area contributed by atoms with Gasteiger partial charge in [-0.05, 0) is 24.7 Å². The molecule has 0 bridgehead atoms. The predicted octanol–water partition coefficient (Wildman–Crippen LogP) is 4.15. The maximum Gasteiger partial charge on any atom is 0.193 e. The molecule has 2 rings (SSSR count). The molecule has 0 heterocycles. The summed E-state index contributed by atoms with van der Waals surface area (Å²) >= 11 is 0. The molecule has 0 aliphatic heterocycles. The molecule has 0 saturated heterocycles. The van der Waals surface area contributed by atoms with Gasteiger partial charge < -0.3 is 14.6 Å². The second-order valence-corrected chi connectivity index (χ2v) is 6.05. The first-order valence-electron chi connectivity index (χ1n) is 9.02. The normalized spacial score (nSPS) is 11.1. The van der Waals surface area contributed by atoms with E-state index in [0.717, 1.165) is 18.7 Å². The van der Waals surface area contributed by atoms with Crippen molar-refractivity contribution in [1.29, 1.82) is 0 Å². The second-order valence-electron chi connectivity index (χ2n) is 6.05. The first kappa shape index (κ1) is 20.5. The van der Waals surface area contributed by atoms with Crippen molar-refractivity contribution in [1.82, 2.24) is 4.90 Å². The highest BCUT2D eigenvalue weighted by Gasteiger charge is 2.23. The zero-order valence-electron chi connectivity index (χ0n) is 16.4. The summed E-state index contributed by atoms with van der Waals surface area (Å²) in [5.41, 5.74) is 1.63. The molecular weight excluding hydrogens is 342 g/mol. The summed E-state index contributed by atoms with van der Waals surface area (Å²) in [6.07, 6.45) is 3.16. The van der Waals surface area contributed by atoms with Gasteiger partial charge in [-0.3, -0.25) is 9.69 Å². The largest absolute Gasteiger partial charge is 0.507 e. The smallest absolute Gasteiger partial charge is 0.193 e. The summed E-state index contributed by atoms with van der Waals surface area (Å²) in [5.74, 6) is 0.368. The van der Waals surface area contributed by atoms with Crippen molar-refractivity contribution in [3.8, 4) is 17.2 Å². The van der Waals surface area contributed by atoms with Crippen molar-refractivity contribution in [3.05, 3.63) is 59.2 Å². The van der Waals surface area contributed by atoms with E-state index in [9.17, 15) is 9.90 Å². The van der Waals surface area contributed by atoms with Crippen LogP contribution in [0.15, 0.2) is 42.5 Å². The molecule has 0 radical (unpaired) electrons. The van der Waals surface area contributed by atoms with Crippen molar-refractivity contribution in [3.63, 3.8) is 0 Å². The van der Waals surface area contributed by atoms with Crippen LogP contribution >= 0.6 is 0 Å². The highest BCUT2D eigenvalue weighted by Crippen LogP contribution is 2.39. The second kappa shape index (κ2) is 9.78. The van der Waals surface area contributed by atoms with Crippen molar-refractivity contribution in [2.24, 2.45) is 0 Å². The Morgan fingerprint density at radius 1 is 1.07 bits per heavy atom. The van der Waals surface area contributed by atoms with Crippen LogP contribution in [0.3, 0.4) is 0 Å². The van der Waals surface area contributed by atoms with Crippen molar-refractivity contribution in [2.45, 2.75) is 20.4 Å². The van der Waals surface area contributed by atoms with E-state index < -0.39 is 0 Å². The molecule has 1 N–H and O–H groups in total. The standard InChI is InChI=1S/C22H27NO4/c1-5-23(6-2)15-17-19(26-3)14-20(27-4)21(22(17)25)18(24)13-12-16-10-8-7-9-11-16/h7-14,25H,5-6,15H2,1-4H3/b13-12+. The summed E-state index contributed by atoms with van der Waals surface area (Å²) in [5, 5.41) is 10.9. The molecule has 0 saturated carbocycles. The number of carbonyl (C=O) groups excluding carboxylic acids is 1. The minimum Gasteiger partial charge on any atom is -0.507 e.